The van der Waals surface area contributed by atoms with E-state index in [1.54, 1.807) is 0 Å². The molecule has 0 spiro atoms. The Balaban J connectivity index is 2.10. The molecule has 0 saturated carbocycles. The van der Waals surface area contributed by atoms with Gasteiger partial charge in [-0.05, 0) is 0 Å². The first-order chi connectivity index (χ1) is 10.1. The van der Waals surface area contributed by atoms with Gasteiger partial charge in [0.05, 0.1) is 12.9 Å². The summed E-state index contributed by atoms with van der Waals surface area (Å²) in [5, 5.41) is 27.7. The van der Waals surface area contributed by atoms with E-state index in [1.165, 1.54) is 10.9 Å². The number of fused-ring (bicyclic) bond motifs is 1. The normalized spacial score (nSPS) is 28.9. The highest BCUT2D eigenvalue weighted by Crippen LogP contribution is 2.33. The number of nitrogens with two attached hydrogens (primary N) is 1. The van der Waals surface area contributed by atoms with Crippen molar-refractivity contribution in [3.63, 3.8) is 0 Å². The Kier molecular flexibility index (Phi) is 3.17. The average Bonchev–Trinajstić information content (AvgIpc) is 3.01. The Hall–Kier alpha value is -2.35. The molecule has 110 valence electrons. The Morgan fingerprint density at radius 1 is 1.52 bits per heavy atom. The molecule has 3 heterocycles. The van der Waals surface area contributed by atoms with Crippen LogP contribution in [0, 0.1) is 11.3 Å². The number of hydrogen-bond acceptors (Lipinski definition) is 8. The monoisotopic (exact) mass is 294 g/mol. The number of aromatic nitrogens is 4. The van der Waals surface area contributed by atoms with Crippen LogP contribution in [-0.2, 0) is 4.74 Å². The highest BCUT2D eigenvalue weighted by Gasteiger charge is 2.45. The molecule has 4 N–H and O–H groups in total. The van der Waals surface area contributed by atoms with Crippen LogP contribution >= 0.6 is 0 Å². The number of alkyl halides is 1. The number of anilines is 1. The fourth-order valence-corrected chi connectivity index (χ4v) is 2.28. The molecule has 1 fully saturated rings. The molecule has 3 rings (SSSR count). The van der Waals surface area contributed by atoms with Gasteiger partial charge in [-0.3, -0.25) is 4.57 Å². The van der Waals surface area contributed by atoms with Gasteiger partial charge in [0.15, 0.2) is 23.7 Å². The lowest BCUT2D eigenvalue weighted by molar-refractivity contribution is -0.0459. The quantitative estimate of drug-likeness (QED) is 0.631. The minimum Gasteiger partial charge on any atom is -0.394 e. The predicted molar refractivity (Wildman–Crippen MR) is 66.3 cm³/mol. The summed E-state index contributed by atoms with van der Waals surface area (Å²) in [4.78, 5) is 11.6. The standard InChI is InChI=1S/C11H11FN6O3/c12-6-8(20)5(2-19)21-10(6)18-3-15-7-4(1-13)16-11(14)17-9(7)18/h3,5-6,8,10,19-20H,2H2,(H2,14,16,17)/t5-,6?,8?,10-/m1/s1. The number of aliphatic hydroxyl groups is 2. The first kappa shape index (κ1) is 13.6. The third-order valence-corrected chi connectivity index (χ3v) is 3.29. The third kappa shape index (κ3) is 1.99. The van der Waals surface area contributed by atoms with Crippen LogP contribution < -0.4 is 5.73 Å². The zero-order valence-electron chi connectivity index (χ0n) is 10.6. The number of halogens is 1. The van der Waals surface area contributed by atoms with Gasteiger partial charge in [0, 0.05) is 0 Å². The molecule has 1 aliphatic rings. The van der Waals surface area contributed by atoms with Crippen LogP contribution in [0.15, 0.2) is 6.33 Å². The minimum atomic E-state index is -1.78. The molecule has 4 atom stereocenters. The van der Waals surface area contributed by atoms with Crippen LogP contribution in [-0.4, -0.2) is 54.7 Å². The fraction of sp³-hybridized carbons (Fsp3) is 0.455. The molecule has 0 aliphatic carbocycles. The van der Waals surface area contributed by atoms with E-state index in [1.807, 2.05) is 6.07 Å². The number of nitriles is 1. The van der Waals surface area contributed by atoms with Crippen molar-refractivity contribution in [3.05, 3.63) is 12.0 Å². The van der Waals surface area contributed by atoms with E-state index in [4.69, 9.17) is 20.8 Å². The van der Waals surface area contributed by atoms with Gasteiger partial charge < -0.3 is 20.7 Å². The number of nitrogens with zero attached hydrogens (tertiary/aromatic N) is 5. The number of aliphatic hydroxyl groups excluding tert-OH is 2. The van der Waals surface area contributed by atoms with Crippen LogP contribution in [0.25, 0.3) is 11.2 Å². The van der Waals surface area contributed by atoms with Crippen LogP contribution in [0.1, 0.15) is 11.9 Å². The summed E-state index contributed by atoms with van der Waals surface area (Å²) < 4.78 is 20.6. The molecule has 10 heteroatoms. The highest BCUT2D eigenvalue weighted by atomic mass is 19.1. The molecular weight excluding hydrogens is 283 g/mol. The smallest absolute Gasteiger partial charge is 0.223 e. The second kappa shape index (κ2) is 4.88. The van der Waals surface area contributed by atoms with E-state index in [0.717, 1.165) is 0 Å². The number of rotatable bonds is 2. The number of ether oxygens (including phenoxy) is 1. The summed E-state index contributed by atoms with van der Waals surface area (Å²) in [6.45, 7) is -0.523. The van der Waals surface area contributed by atoms with Crippen molar-refractivity contribution in [2.45, 2.75) is 24.6 Å². The summed E-state index contributed by atoms with van der Waals surface area (Å²) in [5.74, 6) is -0.159. The SMILES string of the molecule is N#Cc1nc(N)nc2c1ncn2[C@@H]1O[C@H](CO)C(O)C1F. The van der Waals surface area contributed by atoms with Gasteiger partial charge in [0.25, 0.3) is 0 Å². The summed E-state index contributed by atoms with van der Waals surface area (Å²) in [7, 11) is 0. The molecule has 1 aliphatic heterocycles. The Morgan fingerprint density at radius 2 is 2.29 bits per heavy atom. The first-order valence-corrected chi connectivity index (χ1v) is 6.05. The average molecular weight is 294 g/mol. The molecule has 0 aromatic carbocycles. The Labute approximate surface area is 117 Å². The van der Waals surface area contributed by atoms with E-state index in [9.17, 15) is 9.50 Å². The van der Waals surface area contributed by atoms with Gasteiger partial charge in [-0.1, -0.05) is 0 Å². The molecule has 21 heavy (non-hydrogen) atoms. The van der Waals surface area contributed by atoms with Gasteiger partial charge in [-0.25, -0.2) is 9.37 Å². The summed E-state index contributed by atoms with van der Waals surface area (Å²) in [6, 6.07) is 1.82. The van der Waals surface area contributed by atoms with Crippen LogP contribution in [0.4, 0.5) is 10.3 Å². The molecule has 1 saturated heterocycles. The van der Waals surface area contributed by atoms with Crippen molar-refractivity contribution >= 4 is 17.1 Å². The molecule has 2 unspecified atom stereocenters. The summed E-state index contributed by atoms with van der Waals surface area (Å²) in [6.07, 6.45) is -4.28. The second-order valence-corrected chi connectivity index (χ2v) is 4.55. The van der Waals surface area contributed by atoms with Crippen LogP contribution in [0.3, 0.4) is 0 Å². The van der Waals surface area contributed by atoms with E-state index in [2.05, 4.69) is 15.0 Å². The topological polar surface area (TPSA) is 143 Å². The molecule has 0 radical (unpaired) electrons. The van der Waals surface area contributed by atoms with Gasteiger partial charge in [0.1, 0.15) is 23.8 Å². The molecule has 0 amide bonds. The van der Waals surface area contributed by atoms with Crippen LogP contribution in [0.5, 0.6) is 0 Å². The predicted octanol–water partition coefficient (Wildman–Crippen LogP) is -1.13. The fourth-order valence-electron chi connectivity index (χ4n) is 2.28. The zero-order valence-corrected chi connectivity index (χ0v) is 10.6. The second-order valence-electron chi connectivity index (χ2n) is 4.55. The molecule has 9 nitrogen and oxygen atoms in total. The largest absolute Gasteiger partial charge is 0.394 e. The molecule has 2 aromatic heterocycles. The number of imidazole rings is 1. The van der Waals surface area contributed by atoms with E-state index in [0.29, 0.717) is 0 Å². The lowest BCUT2D eigenvalue weighted by atomic mass is 10.1. The molecular formula is C11H11FN6O3. The Morgan fingerprint density at radius 3 is 2.90 bits per heavy atom. The van der Waals surface area contributed by atoms with E-state index in [-0.39, 0.29) is 22.8 Å². The lowest BCUT2D eigenvalue weighted by Crippen LogP contribution is -2.30. The van der Waals surface area contributed by atoms with Gasteiger partial charge in [0.2, 0.25) is 5.95 Å². The maximum atomic E-state index is 14.1. The van der Waals surface area contributed by atoms with E-state index < -0.39 is 31.2 Å². The van der Waals surface area contributed by atoms with Crippen molar-refractivity contribution in [1.82, 2.24) is 19.5 Å². The maximum Gasteiger partial charge on any atom is 0.223 e. The number of hydrogen-bond donors (Lipinski definition) is 3. The first-order valence-electron chi connectivity index (χ1n) is 6.05. The van der Waals surface area contributed by atoms with Crippen molar-refractivity contribution in [2.75, 3.05) is 12.3 Å². The van der Waals surface area contributed by atoms with Gasteiger partial charge in [-0.15, -0.1) is 0 Å². The minimum absolute atomic E-state index is 0.0380. The van der Waals surface area contributed by atoms with Gasteiger partial charge in [-0.2, -0.15) is 15.2 Å². The van der Waals surface area contributed by atoms with Crippen molar-refractivity contribution in [1.29, 1.82) is 5.26 Å². The van der Waals surface area contributed by atoms with Crippen molar-refractivity contribution in [2.24, 2.45) is 0 Å². The molecule has 0 bridgehead atoms. The third-order valence-electron chi connectivity index (χ3n) is 3.29. The zero-order chi connectivity index (χ0) is 15.1. The highest BCUT2D eigenvalue weighted by molar-refractivity contribution is 5.77. The molecule has 2 aromatic rings. The van der Waals surface area contributed by atoms with Gasteiger partial charge >= 0.3 is 0 Å². The van der Waals surface area contributed by atoms with Crippen molar-refractivity contribution in [3.8, 4) is 6.07 Å². The lowest BCUT2D eigenvalue weighted by Gasteiger charge is -2.15. The van der Waals surface area contributed by atoms with Crippen molar-refractivity contribution < 1.29 is 19.3 Å². The number of nitrogen functional groups attached to an aromatic ring is 1. The van der Waals surface area contributed by atoms with E-state index >= 15 is 0 Å². The summed E-state index contributed by atoms with van der Waals surface area (Å²) in [5.41, 5.74) is 5.75. The Bertz CT molecular complexity index is 729. The van der Waals surface area contributed by atoms with Crippen LogP contribution in [0.2, 0.25) is 0 Å². The summed E-state index contributed by atoms with van der Waals surface area (Å²) >= 11 is 0. The maximum absolute atomic E-state index is 14.1.